The summed E-state index contributed by atoms with van der Waals surface area (Å²) >= 11 is 6.51. The lowest BCUT2D eigenvalue weighted by Crippen LogP contribution is -2.45. The highest BCUT2D eigenvalue weighted by Gasteiger charge is 2.19. The molecule has 6 heterocycles. The smallest absolute Gasteiger partial charge is 0.228 e. The third-order valence-electron chi connectivity index (χ3n) is 6.87. The van der Waals surface area contributed by atoms with Gasteiger partial charge in [-0.15, -0.1) is 0 Å². The first-order valence-corrected chi connectivity index (χ1v) is 12.4. The predicted octanol–water partition coefficient (Wildman–Crippen LogP) is 3.32. The number of fused-ring (bicyclic) bond motifs is 3. The number of rotatable bonds is 6. The Morgan fingerprint density at radius 1 is 0.971 bits per heavy atom. The molecule has 2 N–H and O–H groups in total. The first-order chi connectivity index (χ1) is 17.2. The number of aromatic nitrogens is 5. The molecule has 0 unspecified atom stereocenters. The van der Waals surface area contributed by atoms with E-state index >= 15 is 0 Å². The molecule has 0 saturated carbocycles. The third kappa shape index (κ3) is 4.48. The summed E-state index contributed by atoms with van der Waals surface area (Å²) in [7, 11) is 0. The van der Waals surface area contributed by atoms with Crippen molar-refractivity contribution < 1.29 is 0 Å². The summed E-state index contributed by atoms with van der Waals surface area (Å²) in [4.78, 5) is 18.6. The molecule has 2 aliphatic rings. The van der Waals surface area contributed by atoms with Gasteiger partial charge in [-0.3, -0.25) is 4.90 Å². The van der Waals surface area contributed by atoms with Gasteiger partial charge in [0.15, 0.2) is 0 Å². The fourth-order valence-electron chi connectivity index (χ4n) is 4.84. The van der Waals surface area contributed by atoms with Crippen LogP contribution in [-0.2, 0) is 19.6 Å². The van der Waals surface area contributed by atoms with Crippen LogP contribution in [0.1, 0.15) is 23.7 Å². The molecule has 9 nitrogen and oxygen atoms in total. The molecule has 10 heteroatoms. The molecule has 0 aromatic carbocycles. The second-order valence-electron chi connectivity index (χ2n) is 9.04. The van der Waals surface area contributed by atoms with Crippen LogP contribution in [0.2, 0.25) is 5.02 Å². The molecule has 0 spiro atoms. The molecule has 180 valence electrons. The SMILES string of the molecule is CCN1CCN(Cc2ccc(Nc3ncc(Cl)c(-c4cnn5c6c(ccc45)CNC6)n3)nc2)CC1. The lowest BCUT2D eigenvalue weighted by molar-refractivity contribution is 0.132. The summed E-state index contributed by atoms with van der Waals surface area (Å²) in [6, 6.07) is 8.29. The molecule has 0 bridgehead atoms. The van der Waals surface area contributed by atoms with Crippen LogP contribution in [0.15, 0.2) is 42.9 Å². The first-order valence-electron chi connectivity index (χ1n) is 12.1. The van der Waals surface area contributed by atoms with Crippen LogP contribution in [0.25, 0.3) is 16.8 Å². The second-order valence-corrected chi connectivity index (χ2v) is 9.45. The Morgan fingerprint density at radius 3 is 2.63 bits per heavy atom. The minimum absolute atomic E-state index is 0.447. The zero-order valence-electron chi connectivity index (χ0n) is 19.7. The number of hydrogen-bond acceptors (Lipinski definition) is 8. The summed E-state index contributed by atoms with van der Waals surface area (Å²) in [5, 5.41) is 11.7. The molecule has 4 aromatic rings. The Balaban J connectivity index is 1.19. The minimum Gasteiger partial charge on any atom is -0.309 e. The summed E-state index contributed by atoms with van der Waals surface area (Å²) < 4.78 is 1.97. The maximum atomic E-state index is 6.51. The number of piperazine rings is 1. The molecule has 6 rings (SSSR count). The van der Waals surface area contributed by atoms with Crippen molar-refractivity contribution in [3.63, 3.8) is 0 Å². The van der Waals surface area contributed by atoms with Crippen molar-refractivity contribution in [1.82, 2.24) is 39.7 Å². The van der Waals surface area contributed by atoms with E-state index in [1.54, 1.807) is 6.20 Å². The van der Waals surface area contributed by atoms with Crippen molar-refractivity contribution in [2.75, 3.05) is 38.0 Å². The Morgan fingerprint density at radius 2 is 1.83 bits per heavy atom. The first kappa shape index (κ1) is 22.4. The van der Waals surface area contributed by atoms with Crippen molar-refractivity contribution in [3.8, 4) is 11.3 Å². The Kier molecular flexibility index (Phi) is 6.07. The monoisotopic (exact) mass is 489 g/mol. The van der Waals surface area contributed by atoms with Crippen LogP contribution in [0, 0.1) is 0 Å². The van der Waals surface area contributed by atoms with Crippen molar-refractivity contribution in [3.05, 3.63) is 64.7 Å². The number of nitrogens with zero attached hydrogens (tertiary/aromatic N) is 7. The quantitative estimate of drug-likeness (QED) is 0.426. The average Bonchev–Trinajstić information content (AvgIpc) is 3.54. The van der Waals surface area contributed by atoms with E-state index < -0.39 is 0 Å². The number of hydrogen-bond donors (Lipinski definition) is 2. The van der Waals surface area contributed by atoms with Gasteiger partial charge in [-0.2, -0.15) is 5.10 Å². The van der Waals surface area contributed by atoms with E-state index in [4.69, 9.17) is 16.6 Å². The van der Waals surface area contributed by atoms with Gasteiger partial charge >= 0.3 is 0 Å². The molecule has 0 aliphatic carbocycles. The predicted molar refractivity (Wildman–Crippen MR) is 137 cm³/mol. The number of anilines is 2. The van der Waals surface area contributed by atoms with E-state index in [1.807, 2.05) is 23.0 Å². The van der Waals surface area contributed by atoms with Crippen molar-refractivity contribution >= 4 is 28.9 Å². The van der Waals surface area contributed by atoms with Gasteiger partial charge in [0.05, 0.1) is 34.3 Å². The molecule has 1 saturated heterocycles. The third-order valence-corrected chi connectivity index (χ3v) is 7.14. The fraction of sp³-hybridized carbons (Fsp3) is 0.360. The molecule has 4 aromatic heterocycles. The molecule has 0 radical (unpaired) electrons. The number of nitrogens with one attached hydrogen (secondary N) is 2. The van der Waals surface area contributed by atoms with Gasteiger partial charge in [0.25, 0.3) is 0 Å². The average molecular weight is 490 g/mol. The highest BCUT2D eigenvalue weighted by Crippen LogP contribution is 2.31. The van der Waals surface area contributed by atoms with Crippen molar-refractivity contribution in [2.24, 2.45) is 0 Å². The highest BCUT2D eigenvalue weighted by molar-refractivity contribution is 6.33. The molecule has 1 fully saturated rings. The highest BCUT2D eigenvalue weighted by atomic mass is 35.5. The fourth-order valence-corrected chi connectivity index (χ4v) is 5.03. The molecule has 0 amide bonds. The maximum absolute atomic E-state index is 6.51. The van der Waals surface area contributed by atoms with Gasteiger partial charge in [-0.1, -0.05) is 30.7 Å². The molecular formula is C25H28ClN9. The van der Waals surface area contributed by atoms with Crippen LogP contribution < -0.4 is 10.6 Å². The van der Waals surface area contributed by atoms with Gasteiger partial charge in [0.1, 0.15) is 5.82 Å². The van der Waals surface area contributed by atoms with Gasteiger partial charge in [-0.25, -0.2) is 19.5 Å². The van der Waals surface area contributed by atoms with Crippen LogP contribution >= 0.6 is 11.6 Å². The van der Waals surface area contributed by atoms with Crippen molar-refractivity contribution in [2.45, 2.75) is 26.6 Å². The summed E-state index contributed by atoms with van der Waals surface area (Å²) in [5.74, 6) is 1.14. The zero-order valence-corrected chi connectivity index (χ0v) is 20.5. The number of likely N-dealkylation sites (N-methyl/N-ethyl adjacent to an activating group) is 1. The van der Waals surface area contributed by atoms with Crippen LogP contribution in [0.3, 0.4) is 0 Å². The van der Waals surface area contributed by atoms with Crippen LogP contribution in [0.5, 0.6) is 0 Å². The normalized spacial score (nSPS) is 16.6. The van der Waals surface area contributed by atoms with E-state index in [0.29, 0.717) is 22.5 Å². The lowest BCUT2D eigenvalue weighted by Gasteiger charge is -2.33. The van der Waals surface area contributed by atoms with Gasteiger partial charge in [-0.05, 0) is 29.8 Å². The van der Waals surface area contributed by atoms with E-state index in [9.17, 15) is 0 Å². The zero-order chi connectivity index (χ0) is 23.8. The Hall–Kier alpha value is -3.11. The maximum Gasteiger partial charge on any atom is 0.228 e. The Labute approximate surface area is 209 Å². The van der Waals surface area contributed by atoms with E-state index in [1.165, 1.54) is 16.8 Å². The number of halogens is 1. The summed E-state index contributed by atoms with van der Waals surface area (Å²) in [6.07, 6.45) is 5.36. The molecule has 2 aliphatic heterocycles. The topological polar surface area (TPSA) is 86.5 Å². The van der Waals surface area contributed by atoms with E-state index in [2.05, 4.69) is 60.6 Å². The Bertz CT molecular complexity index is 1340. The molecule has 35 heavy (non-hydrogen) atoms. The minimum atomic E-state index is 0.447. The van der Waals surface area contributed by atoms with Crippen LogP contribution in [0.4, 0.5) is 11.8 Å². The van der Waals surface area contributed by atoms with Crippen molar-refractivity contribution in [1.29, 1.82) is 0 Å². The van der Waals surface area contributed by atoms with Gasteiger partial charge < -0.3 is 15.5 Å². The van der Waals surface area contributed by atoms with Gasteiger partial charge in [0, 0.05) is 57.6 Å². The van der Waals surface area contributed by atoms with Crippen LogP contribution in [-0.4, -0.2) is 67.1 Å². The van der Waals surface area contributed by atoms with E-state index in [0.717, 1.165) is 63.4 Å². The molecular weight excluding hydrogens is 462 g/mol. The molecule has 0 atom stereocenters. The summed E-state index contributed by atoms with van der Waals surface area (Å²) in [6.45, 7) is 10.4. The largest absolute Gasteiger partial charge is 0.309 e. The lowest BCUT2D eigenvalue weighted by atomic mass is 10.1. The second kappa shape index (κ2) is 9.50. The summed E-state index contributed by atoms with van der Waals surface area (Å²) in [5.41, 5.74) is 6.14. The standard InChI is InChI=1S/C25H28ClN9/c1-2-33-7-9-34(10-8-33)16-17-3-6-23(28-11-17)31-25-29-14-20(26)24(32-25)19-13-30-35-21(19)5-4-18-12-27-15-22(18)35/h3-6,11,13-14,27H,2,7-10,12,15-16H2,1H3,(H,28,29,31,32). The van der Waals surface area contributed by atoms with Gasteiger partial charge in [0.2, 0.25) is 5.95 Å². The number of pyridine rings is 2. The van der Waals surface area contributed by atoms with E-state index in [-0.39, 0.29) is 0 Å².